The largest absolute Gasteiger partial charge is 0.337 e. The van der Waals surface area contributed by atoms with Crippen molar-refractivity contribution in [1.82, 2.24) is 14.9 Å². The van der Waals surface area contributed by atoms with Gasteiger partial charge in [0, 0.05) is 19.3 Å². The molecule has 86 valence electrons. The highest BCUT2D eigenvalue weighted by Crippen LogP contribution is 2.16. The van der Waals surface area contributed by atoms with Gasteiger partial charge in [-0.3, -0.25) is 9.59 Å². The summed E-state index contributed by atoms with van der Waals surface area (Å²) < 4.78 is 0. The summed E-state index contributed by atoms with van der Waals surface area (Å²) in [6.07, 6.45) is 4.73. The van der Waals surface area contributed by atoms with Crippen LogP contribution in [0.3, 0.4) is 0 Å². The molecule has 1 N–H and O–H groups in total. The zero-order chi connectivity index (χ0) is 11.5. The average molecular weight is 221 g/mol. The van der Waals surface area contributed by atoms with Gasteiger partial charge < -0.3 is 9.88 Å². The molecule has 2 rings (SSSR count). The summed E-state index contributed by atoms with van der Waals surface area (Å²) >= 11 is 0. The first-order valence-corrected chi connectivity index (χ1v) is 5.51. The molecule has 5 nitrogen and oxygen atoms in total. The number of hydrogen-bond donors (Lipinski definition) is 1. The number of piperidine rings is 1. The van der Waals surface area contributed by atoms with Crippen molar-refractivity contribution in [3.63, 3.8) is 0 Å². The number of rotatable bonds is 1. The van der Waals surface area contributed by atoms with Crippen molar-refractivity contribution in [3.8, 4) is 0 Å². The van der Waals surface area contributed by atoms with E-state index in [-0.39, 0.29) is 11.5 Å². The SMILES string of the molecule is CC1CCCN(C(=O)c2c[nH]c(=O)cn2)C1. The molecule has 1 aromatic rings. The zero-order valence-electron chi connectivity index (χ0n) is 9.27. The van der Waals surface area contributed by atoms with E-state index in [9.17, 15) is 9.59 Å². The second-order valence-electron chi connectivity index (χ2n) is 4.29. The summed E-state index contributed by atoms with van der Waals surface area (Å²) in [6.45, 7) is 3.70. The topological polar surface area (TPSA) is 66.1 Å². The van der Waals surface area contributed by atoms with Gasteiger partial charge in [-0.2, -0.15) is 0 Å². The fraction of sp³-hybridized carbons (Fsp3) is 0.545. The minimum atomic E-state index is -0.288. The molecule has 2 heterocycles. The molecular formula is C11H15N3O2. The third kappa shape index (κ3) is 2.29. The first-order valence-electron chi connectivity index (χ1n) is 5.51. The molecule has 0 aliphatic carbocycles. The van der Waals surface area contributed by atoms with Crippen LogP contribution in [0.1, 0.15) is 30.3 Å². The minimum Gasteiger partial charge on any atom is -0.337 e. The number of aromatic amines is 1. The maximum Gasteiger partial charge on any atom is 0.273 e. The van der Waals surface area contributed by atoms with Crippen molar-refractivity contribution in [3.05, 3.63) is 28.4 Å². The quantitative estimate of drug-likeness (QED) is 0.756. The van der Waals surface area contributed by atoms with E-state index in [1.807, 2.05) is 0 Å². The molecule has 1 unspecified atom stereocenters. The van der Waals surface area contributed by atoms with Gasteiger partial charge in [-0.05, 0) is 18.8 Å². The van der Waals surface area contributed by atoms with Crippen LogP contribution in [0.25, 0.3) is 0 Å². The Kier molecular flexibility index (Phi) is 3.03. The lowest BCUT2D eigenvalue weighted by atomic mass is 10.0. The highest BCUT2D eigenvalue weighted by molar-refractivity contribution is 5.92. The molecule has 0 bridgehead atoms. The van der Waals surface area contributed by atoms with Crippen LogP contribution in [0.2, 0.25) is 0 Å². The van der Waals surface area contributed by atoms with Gasteiger partial charge in [-0.15, -0.1) is 0 Å². The monoisotopic (exact) mass is 221 g/mol. The van der Waals surface area contributed by atoms with Gasteiger partial charge in [-0.1, -0.05) is 6.92 Å². The summed E-state index contributed by atoms with van der Waals surface area (Å²) in [5.74, 6) is 0.447. The van der Waals surface area contributed by atoms with Crippen molar-refractivity contribution in [2.45, 2.75) is 19.8 Å². The van der Waals surface area contributed by atoms with E-state index in [0.29, 0.717) is 11.6 Å². The van der Waals surface area contributed by atoms with Crippen molar-refractivity contribution >= 4 is 5.91 Å². The Hall–Kier alpha value is -1.65. The minimum absolute atomic E-state index is 0.0946. The number of likely N-dealkylation sites (tertiary alicyclic amines) is 1. The second kappa shape index (κ2) is 4.47. The molecule has 1 fully saturated rings. The molecule has 1 amide bonds. The number of aromatic nitrogens is 2. The average Bonchev–Trinajstić information content (AvgIpc) is 2.29. The van der Waals surface area contributed by atoms with Crippen molar-refractivity contribution in [1.29, 1.82) is 0 Å². The Bertz CT molecular complexity index is 421. The molecule has 1 aromatic heterocycles. The fourth-order valence-electron chi connectivity index (χ4n) is 2.00. The van der Waals surface area contributed by atoms with Crippen LogP contribution in [0.15, 0.2) is 17.2 Å². The number of nitrogens with zero attached hydrogens (tertiary/aromatic N) is 2. The van der Waals surface area contributed by atoms with Gasteiger partial charge in [0.15, 0.2) is 0 Å². The summed E-state index contributed by atoms with van der Waals surface area (Å²) in [5, 5.41) is 0. The fourth-order valence-corrected chi connectivity index (χ4v) is 2.00. The van der Waals surface area contributed by atoms with Gasteiger partial charge in [-0.25, -0.2) is 4.98 Å². The standard InChI is InChI=1S/C11H15N3O2/c1-8-3-2-4-14(7-8)11(16)9-5-13-10(15)6-12-9/h5-6,8H,2-4,7H2,1H3,(H,13,15). The Labute approximate surface area is 93.5 Å². The van der Waals surface area contributed by atoms with Crippen LogP contribution >= 0.6 is 0 Å². The highest BCUT2D eigenvalue weighted by Gasteiger charge is 2.22. The molecule has 0 spiro atoms. The van der Waals surface area contributed by atoms with E-state index < -0.39 is 0 Å². The van der Waals surface area contributed by atoms with Gasteiger partial charge in [0.2, 0.25) is 0 Å². The van der Waals surface area contributed by atoms with Gasteiger partial charge in [0.1, 0.15) is 5.69 Å². The molecule has 0 aromatic carbocycles. The lowest BCUT2D eigenvalue weighted by molar-refractivity contribution is 0.0676. The molecule has 16 heavy (non-hydrogen) atoms. The van der Waals surface area contributed by atoms with Crippen LogP contribution in [0.4, 0.5) is 0 Å². The van der Waals surface area contributed by atoms with E-state index in [2.05, 4.69) is 16.9 Å². The van der Waals surface area contributed by atoms with Crippen molar-refractivity contribution in [2.75, 3.05) is 13.1 Å². The Morgan fingerprint density at radius 2 is 2.44 bits per heavy atom. The molecule has 1 saturated heterocycles. The summed E-state index contributed by atoms with van der Waals surface area (Å²) in [7, 11) is 0. The number of carbonyl (C=O) groups is 1. The molecule has 1 aliphatic heterocycles. The van der Waals surface area contributed by atoms with E-state index in [1.165, 1.54) is 12.6 Å². The van der Waals surface area contributed by atoms with Crippen LogP contribution in [0.5, 0.6) is 0 Å². The van der Waals surface area contributed by atoms with Crippen LogP contribution in [0, 0.1) is 5.92 Å². The van der Waals surface area contributed by atoms with Crippen LogP contribution in [-0.2, 0) is 0 Å². The third-order valence-electron chi connectivity index (χ3n) is 2.84. The molecule has 0 saturated carbocycles. The smallest absolute Gasteiger partial charge is 0.273 e. The first kappa shape index (κ1) is 10.9. The molecular weight excluding hydrogens is 206 g/mol. The van der Waals surface area contributed by atoms with E-state index >= 15 is 0 Å². The second-order valence-corrected chi connectivity index (χ2v) is 4.29. The van der Waals surface area contributed by atoms with E-state index in [0.717, 1.165) is 25.7 Å². The molecule has 1 aliphatic rings. The van der Waals surface area contributed by atoms with Crippen molar-refractivity contribution < 1.29 is 4.79 Å². The normalized spacial score (nSPS) is 20.8. The van der Waals surface area contributed by atoms with Crippen LogP contribution in [-0.4, -0.2) is 33.9 Å². The predicted octanol–water partition coefficient (Wildman–Crippen LogP) is 0.642. The Balaban J connectivity index is 2.12. The maximum atomic E-state index is 12.0. The van der Waals surface area contributed by atoms with Crippen molar-refractivity contribution in [2.24, 2.45) is 5.92 Å². The number of amides is 1. The van der Waals surface area contributed by atoms with Gasteiger partial charge in [0.05, 0.1) is 6.20 Å². The predicted molar refractivity (Wildman–Crippen MR) is 59.2 cm³/mol. The number of carbonyl (C=O) groups excluding carboxylic acids is 1. The van der Waals surface area contributed by atoms with Gasteiger partial charge >= 0.3 is 0 Å². The maximum absolute atomic E-state index is 12.0. The van der Waals surface area contributed by atoms with E-state index in [1.54, 1.807) is 4.90 Å². The number of nitrogens with one attached hydrogen (secondary N) is 1. The number of hydrogen-bond acceptors (Lipinski definition) is 3. The van der Waals surface area contributed by atoms with Gasteiger partial charge in [0.25, 0.3) is 11.5 Å². The highest BCUT2D eigenvalue weighted by atomic mass is 16.2. The third-order valence-corrected chi connectivity index (χ3v) is 2.84. The lowest BCUT2D eigenvalue weighted by Crippen LogP contribution is -2.39. The first-order chi connectivity index (χ1) is 7.66. The summed E-state index contributed by atoms with van der Waals surface area (Å²) in [6, 6.07) is 0. The number of H-pyrrole nitrogens is 1. The molecule has 5 heteroatoms. The Morgan fingerprint density at radius 1 is 1.62 bits per heavy atom. The summed E-state index contributed by atoms with van der Waals surface area (Å²) in [5.41, 5.74) is 0.0252. The summed E-state index contributed by atoms with van der Waals surface area (Å²) in [4.78, 5) is 30.9. The zero-order valence-corrected chi connectivity index (χ0v) is 9.27. The molecule has 0 radical (unpaired) electrons. The lowest BCUT2D eigenvalue weighted by Gasteiger charge is -2.30. The van der Waals surface area contributed by atoms with Crippen LogP contribution < -0.4 is 5.56 Å². The van der Waals surface area contributed by atoms with E-state index in [4.69, 9.17) is 0 Å². The Morgan fingerprint density at radius 3 is 3.06 bits per heavy atom. The molecule has 1 atom stereocenters.